The molecular weight excluding hydrogens is 404 g/mol. The molecular formula is C31H44O2. The van der Waals surface area contributed by atoms with Gasteiger partial charge in [0.2, 0.25) is 0 Å². The maximum absolute atomic E-state index is 6.11. The van der Waals surface area contributed by atoms with E-state index in [1.54, 1.807) is 0 Å². The smallest absolute Gasteiger partial charge is 0.106 e. The van der Waals surface area contributed by atoms with E-state index in [1.165, 1.54) is 86.5 Å². The van der Waals surface area contributed by atoms with Gasteiger partial charge in [-0.05, 0) is 66.2 Å². The van der Waals surface area contributed by atoms with Crippen molar-refractivity contribution in [3.63, 3.8) is 0 Å². The van der Waals surface area contributed by atoms with Gasteiger partial charge in [0.1, 0.15) is 6.10 Å². The summed E-state index contributed by atoms with van der Waals surface area (Å²) in [5.74, 6) is 1.74. The first-order chi connectivity index (χ1) is 16.3. The van der Waals surface area contributed by atoms with E-state index in [4.69, 9.17) is 9.47 Å². The van der Waals surface area contributed by atoms with Crippen molar-refractivity contribution in [1.82, 2.24) is 0 Å². The first-order valence-corrected chi connectivity index (χ1v) is 13.7. The van der Waals surface area contributed by atoms with Crippen LogP contribution in [0.15, 0.2) is 48.5 Å². The largest absolute Gasteiger partial charge is 0.373 e. The van der Waals surface area contributed by atoms with Crippen LogP contribution >= 0.6 is 0 Å². The molecule has 2 atom stereocenters. The summed E-state index contributed by atoms with van der Waals surface area (Å²) in [6, 6.07) is 18.3. The van der Waals surface area contributed by atoms with Crippen molar-refractivity contribution >= 4 is 0 Å². The number of hydrogen-bond acceptors (Lipinski definition) is 2. The Kier molecular flexibility index (Phi) is 9.44. The molecule has 1 heterocycles. The second-order valence-electron chi connectivity index (χ2n) is 10.4. The van der Waals surface area contributed by atoms with Gasteiger partial charge in [0.15, 0.2) is 0 Å². The van der Waals surface area contributed by atoms with Crippen LogP contribution in [0.1, 0.15) is 108 Å². The van der Waals surface area contributed by atoms with E-state index in [9.17, 15) is 0 Å². The molecule has 0 radical (unpaired) electrons. The Labute approximate surface area is 202 Å². The number of benzene rings is 2. The highest BCUT2D eigenvalue weighted by molar-refractivity contribution is 5.64. The van der Waals surface area contributed by atoms with Crippen LogP contribution in [0.2, 0.25) is 0 Å². The van der Waals surface area contributed by atoms with Gasteiger partial charge in [0.05, 0.1) is 19.3 Å². The molecule has 0 N–H and O–H groups in total. The van der Waals surface area contributed by atoms with Gasteiger partial charge >= 0.3 is 0 Å². The molecule has 4 rings (SSSR count). The summed E-state index contributed by atoms with van der Waals surface area (Å²) in [5, 5.41) is 0. The molecule has 180 valence electrons. The Morgan fingerprint density at radius 2 is 1.27 bits per heavy atom. The fourth-order valence-corrected chi connectivity index (χ4v) is 5.64. The van der Waals surface area contributed by atoms with Crippen molar-refractivity contribution < 1.29 is 9.47 Å². The normalized spacial score (nSPS) is 25.8. The third-order valence-corrected chi connectivity index (χ3v) is 7.91. The van der Waals surface area contributed by atoms with Crippen LogP contribution in [0.5, 0.6) is 0 Å². The predicted octanol–water partition coefficient (Wildman–Crippen LogP) is 8.85. The summed E-state index contributed by atoms with van der Waals surface area (Å²) in [7, 11) is 0. The van der Waals surface area contributed by atoms with E-state index >= 15 is 0 Å². The quantitative estimate of drug-likeness (QED) is 0.338. The first-order valence-electron chi connectivity index (χ1n) is 13.7. The summed E-state index contributed by atoms with van der Waals surface area (Å²) in [6.45, 7) is 5.91. The molecule has 1 saturated carbocycles. The van der Waals surface area contributed by atoms with Crippen LogP contribution in [-0.4, -0.2) is 19.3 Å². The zero-order valence-corrected chi connectivity index (χ0v) is 20.9. The average Bonchev–Trinajstić information content (AvgIpc) is 2.89. The molecule has 2 aromatic rings. The number of hydrogen-bond donors (Lipinski definition) is 0. The van der Waals surface area contributed by atoms with Crippen molar-refractivity contribution in [1.29, 1.82) is 0 Å². The fourth-order valence-electron chi connectivity index (χ4n) is 5.64. The summed E-state index contributed by atoms with van der Waals surface area (Å²) in [5.41, 5.74) is 5.34. The summed E-state index contributed by atoms with van der Waals surface area (Å²) >= 11 is 0. The standard InChI is InChI=1S/C31H44O2/c1-3-5-7-8-24-10-12-25(13-11-24)26-14-16-27(17-15-26)28-18-20-29(21-19-28)31-23-32-30(22-33-31)9-6-4-2/h14-21,24-25,30-31H,3-13,22-23H2,1-2H3/t24-,25-,30-,31-/m1/s1. The minimum absolute atomic E-state index is 0.0661. The topological polar surface area (TPSA) is 18.5 Å². The third-order valence-electron chi connectivity index (χ3n) is 7.91. The minimum Gasteiger partial charge on any atom is -0.373 e. The van der Waals surface area contributed by atoms with Crippen LogP contribution in [0.4, 0.5) is 0 Å². The predicted molar refractivity (Wildman–Crippen MR) is 139 cm³/mol. The first kappa shape index (κ1) is 24.5. The molecule has 0 aromatic heterocycles. The molecule has 33 heavy (non-hydrogen) atoms. The van der Waals surface area contributed by atoms with E-state index < -0.39 is 0 Å². The van der Waals surface area contributed by atoms with Gasteiger partial charge in [-0.25, -0.2) is 0 Å². The molecule has 1 saturated heterocycles. The summed E-state index contributed by atoms with van der Waals surface area (Å²) < 4.78 is 12.2. The Morgan fingerprint density at radius 3 is 1.85 bits per heavy atom. The lowest BCUT2D eigenvalue weighted by molar-refractivity contribution is -0.137. The van der Waals surface area contributed by atoms with E-state index in [-0.39, 0.29) is 12.2 Å². The Hall–Kier alpha value is -1.64. The zero-order valence-electron chi connectivity index (χ0n) is 20.9. The Balaban J connectivity index is 1.27. The SMILES string of the molecule is CCCCC[C@H]1CC[C@H](c2ccc(-c3ccc([C@H]4CO[C@H](CCCC)CO4)cc3)cc2)CC1. The van der Waals surface area contributed by atoms with Gasteiger partial charge in [0, 0.05) is 0 Å². The highest BCUT2D eigenvalue weighted by atomic mass is 16.6. The lowest BCUT2D eigenvalue weighted by Gasteiger charge is -2.30. The molecule has 2 heteroatoms. The van der Waals surface area contributed by atoms with E-state index in [0.717, 1.165) is 18.3 Å². The van der Waals surface area contributed by atoms with Crippen LogP contribution in [-0.2, 0) is 9.47 Å². The Bertz CT molecular complexity index is 794. The lowest BCUT2D eigenvalue weighted by Crippen LogP contribution is -2.31. The summed E-state index contributed by atoms with van der Waals surface area (Å²) in [6.07, 6.45) is 15.1. The van der Waals surface area contributed by atoms with Gasteiger partial charge in [-0.2, -0.15) is 0 Å². The third kappa shape index (κ3) is 6.93. The maximum Gasteiger partial charge on any atom is 0.106 e. The highest BCUT2D eigenvalue weighted by Gasteiger charge is 2.24. The van der Waals surface area contributed by atoms with Crippen LogP contribution in [0, 0.1) is 5.92 Å². The molecule has 0 amide bonds. The number of rotatable bonds is 10. The molecule has 1 aliphatic carbocycles. The maximum atomic E-state index is 6.11. The van der Waals surface area contributed by atoms with E-state index in [0.29, 0.717) is 13.2 Å². The van der Waals surface area contributed by atoms with Crippen molar-refractivity contribution in [3.05, 3.63) is 59.7 Å². The second-order valence-corrected chi connectivity index (χ2v) is 10.4. The van der Waals surface area contributed by atoms with Crippen molar-refractivity contribution in [2.24, 2.45) is 5.92 Å². The number of ether oxygens (including phenoxy) is 2. The van der Waals surface area contributed by atoms with Gasteiger partial charge in [0.25, 0.3) is 0 Å². The minimum atomic E-state index is 0.0661. The number of unbranched alkanes of at least 4 members (excludes halogenated alkanes) is 3. The fraction of sp³-hybridized carbons (Fsp3) is 0.613. The molecule has 2 aromatic carbocycles. The average molecular weight is 449 g/mol. The molecule has 0 bridgehead atoms. The molecule has 2 fully saturated rings. The molecule has 0 unspecified atom stereocenters. The van der Waals surface area contributed by atoms with Gasteiger partial charge in [-0.15, -0.1) is 0 Å². The van der Waals surface area contributed by atoms with Crippen LogP contribution < -0.4 is 0 Å². The highest BCUT2D eigenvalue weighted by Crippen LogP contribution is 2.38. The molecule has 1 aliphatic heterocycles. The Morgan fingerprint density at radius 1 is 0.636 bits per heavy atom. The second kappa shape index (κ2) is 12.7. The molecule has 2 nitrogen and oxygen atoms in total. The van der Waals surface area contributed by atoms with Crippen molar-refractivity contribution in [3.8, 4) is 11.1 Å². The van der Waals surface area contributed by atoms with Crippen molar-refractivity contribution in [2.45, 2.75) is 103 Å². The molecule has 0 spiro atoms. The van der Waals surface area contributed by atoms with Gasteiger partial charge in [-0.1, -0.05) is 101 Å². The van der Waals surface area contributed by atoms with Gasteiger partial charge in [-0.3, -0.25) is 0 Å². The lowest BCUT2D eigenvalue weighted by atomic mass is 9.77. The van der Waals surface area contributed by atoms with E-state index in [1.807, 2.05) is 0 Å². The molecule has 2 aliphatic rings. The van der Waals surface area contributed by atoms with Crippen LogP contribution in [0.3, 0.4) is 0 Å². The van der Waals surface area contributed by atoms with Gasteiger partial charge < -0.3 is 9.47 Å². The van der Waals surface area contributed by atoms with E-state index in [2.05, 4.69) is 62.4 Å². The summed E-state index contributed by atoms with van der Waals surface area (Å²) in [4.78, 5) is 0. The zero-order chi connectivity index (χ0) is 22.9. The van der Waals surface area contributed by atoms with Crippen molar-refractivity contribution in [2.75, 3.05) is 13.2 Å². The van der Waals surface area contributed by atoms with Crippen LogP contribution in [0.25, 0.3) is 11.1 Å². The monoisotopic (exact) mass is 448 g/mol.